The summed E-state index contributed by atoms with van der Waals surface area (Å²) >= 11 is 1.30. The highest BCUT2D eigenvalue weighted by Crippen LogP contribution is 2.18. The first-order valence-electron chi connectivity index (χ1n) is 5.47. The van der Waals surface area contributed by atoms with Crippen molar-refractivity contribution in [3.8, 4) is 0 Å². The maximum atomic E-state index is 11.2. The molecular weight excluding hydrogens is 229 g/mol. The van der Waals surface area contributed by atoms with Crippen LogP contribution in [0.4, 0.5) is 4.79 Å². The Bertz CT molecular complexity index is 166. The van der Waals surface area contributed by atoms with Gasteiger partial charge in [0, 0.05) is 12.0 Å². The first-order chi connectivity index (χ1) is 7.24. The van der Waals surface area contributed by atoms with Gasteiger partial charge in [-0.1, -0.05) is 20.8 Å². The molecule has 0 N–H and O–H groups in total. The summed E-state index contributed by atoms with van der Waals surface area (Å²) in [5.41, 5.74) is 0.903. The van der Waals surface area contributed by atoms with Gasteiger partial charge in [-0.25, -0.2) is 4.79 Å². The minimum Gasteiger partial charge on any atom is -0.456 e. The van der Waals surface area contributed by atoms with Crippen molar-refractivity contribution in [1.29, 1.82) is 0 Å². The molecule has 0 aromatic rings. The predicted octanol–water partition coefficient (Wildman–Crippen LogP) is 2.85. The number of thioether (sulfide) groups is 1. The van der Waals surface area contributed by atoms with Gasteiger partial charge in [-0.2, -0.15) is 0 Å². The summed E-state index contributed by atoms with van der Waals surface area (Å²) in [6.07, 6.45) is 1.15. The molecule has 0 bridgehead atoms. The third kappa shape index (κ3) is 9.16. The molecule has 15 heavy (non-hydrogen) atoms. The summed E-state index contributed by atoms with van der Waals surface area (Å²) in [5, 5.41) is -0.122. The van der Waals surface area contributed by atoms with Crippen LogP contribution in [0.1, 0.15) is 20.8 Å². The zero-order valence-corrected chi connectivity index (χ0v) is 11.7. The molecule has 0 saturated carbocycles. The Labute approximate surface area is 99.1 Å². The van der Waals surface area contributed by atoms with Gasteiger partial charge in [0.15, 0.2) is 0 Å². The van der Waals surface area contributed by atoms with E-state index in [-0.39, 0.29) is 5.30 Å². The number of carbonyl (C=O) groups excluding carboxylic acids is 1. The summed E-state index contributed by atoms with van der Waals surface area (Å²) < 4.78 is 5.11. The molecule has 90 valence electrons. The number of rotatable bonds is 8. The van der Waals surface area contributed by atoms with Crippen molar-refractivity contribution in [3.63, 3.8) is 0 Å². The molecule has 0 aromatic heterocycles. The second-order valence-electron chi connectivity index (χ2n) is 3.02. The van der Waals surface area contributed by atoms with E-state index in [4.69, 9.17) is 4.74 Å². The molecule has 0 radical (unpaired) electrons. The van der Waals surface area contributed by atoms with Crippen LogP contribution >= 0.6 is 20.3 Å². The van der Waals surface area contributed by atoms with Crippen LogP contribution in [0.15, 0.2) is 0 Å². The van der Waals surface area contributed by atoms with Gasteiger partial charge in [0.2, 0.25) is 0 Å². The highest BCUT2D eigenvalue weighted by Gasteiger charge is 2.04. The number of hydrogen-bond acceptors (Lipinski definition) is 4. The average Bonchev–Trinajstić information content (AvgIpc) is 2.25. The molecule has 0 aliphatic heterocycles. The van der Waals surface area contributed by atoms with Gasteiger partial charge in [-0.3, -0.25) is 0 Å². The number of likely N-dealkylation sites (N-methyl/N-ethyl adjacent to an activating group) is 1. The Morgan fingerprint density at radius 1 is 1.33 bits per heavy atom. The molecule has 0 amide bonds. The largest absolute Gasteiger partial charge is 0.456 e. The van der Waals surface area contributed by atoms with Crippen molar-refractivity contribution in [3.05, 3.63) is 0 Å². The van der Waals surface area contributed by atoms with Gasteiger partial charge in [0.1, 0.15) is 6.61 Å². The topological polar surface area (TPSA) is 29.5 Å². The molecule has 1 unspecified atom stereocenters. The van der Waals surface area contributed by atoms with Crippen molar-refractivity contribution in [2.45, 2.75) is 20.8 Å². The Morgan fingerprint density at radius 2 is 2.00 bits per heavy atom. The fourth-order valence-corrected chi connectivity index (χ4v) is 2.91. The van der Waals surface area contributed by atoms with Crippen LogP contribution in [0.2, 0.25) is 0 Å². The summed E-state index contributed by atoms with van der Waals surface area (Å²) in [7, 11) is 0.860. The summed E-state index contributed by atoms with van der Waals surface area (Å²) in [6, 6.07) is 0. The molecule has 0 aromatic carbocycles. The Kier molecular flexibility index (Phi) is 10.9. The fraction of sp³-hybridized carbons (Fsp3) is 0.900. The Morgan fingerprint density at radius 3 is 2.53 bits per heavy atom. The van der Waals surface area contributed by atoms with Crippen LogP contribution in [-0.2, 0) is 4.74 Å². The minimum atomic E-state index is -0.122. The molecule has 0 aliphatic rings. The van der Waals surface area contributed by atoms with Crippen LogP contribution in [0.3, 0.4) is 0 Å². The smallest absolute Gasteiger partial charge is 0.367 e. The van der Waals surface area contributed by atoms with E-state index in [0.29, 0.717) is 6.61 Å². The van der Waals surface area contributed by atoms with Gasteiger partial charge in [0.05, 0.1) is 0 Å². The molecule has 0 saturated heterocycles. The number of carbonyl (C=O) groups is 1. The quantitative estimate of drug-likeness (QED) is 0.377. The molecule has 1 atom stereocenters. The normalized spacial score (nSPS) is 11.5. The maximum Gasteiger partial charge on any atom is 0.367 e. The zero-order valence-electron chi connectivity index (χ0n) is 9.91. The van der Waals surface area contributed by atoms with Crippen LogP contribution < -0.4 is 0 Å². The minimum absolute atomic E-state index is 0.122. The second kappa shape index (κ2) is 10.7. The molecule has 0 heterocycles. The van der Waals surface area contributed by atoms with Gasteiger partial charge in [0.25, 0.3) is 0 Å². The van der Waals surface area contributed by atoms with Gasteiger partial charge >= 0.3 is 5.30 Å². The van der Waals surface area contributed by atoms with Crippen molar-refractivity contribution in [2.75, 3.05) is 37.9 Å². The highest BCUT2D eigenvalue weighted by atomic mass is 32.2. The number of nitrogens with zero attached hydrogens (tertiary/aromatic N) is 1. The molecule has 5 heteroatoms. The van der Waals surface area contributed by atoms with Crippen LogP contribution in [-0.4, -0.2) is 48.1 Å². The molecule has 0 aliphatic carbocycles. The third-order valence-electron chi connectivity index (χ3n) is 2.06. The van der Waals surface area contributed by atoms with Gasteiger partial charge < -0.3 is 9.64 Å². The Hall–Kier alpha value is 0.210. The summed E-state index contributed by atoms with van der Waals surface area (Å²) in [6.45, 7) is 9.74. The lowest BCUT2D eigenvalue weighted by Gasteiger charge is -2.17. The van der Waals surface area contributed by atoms with E-state index in [1.165, 1.54) is 11.8 Å². The summed E-state index contributed by atoms with van der Waals surface area (Å²) in [5.74, 6) is 0. The second-order valence-corrected chi connectivity index (χ2v) is 6.00. The van der Waals surface area contributed by atoms with E-state index < -0.39 is 0 Å². The standard InChI is InChI=1S/C10H22NO2PS/c1-4-11(5-2)7-8-13-10(12)15-9-14-6-3/h14H,4-9H2,1-3H3. The highest BCUT2D eigenvalue weighted by molar-refractivity contribution is 8.16. The van der Waals surface area contributed by atoms with E-state index in [9.17, 15) is 4.79 Å². The fourth-order valence-electron chi connectivity index (χ4n) is 1.05. The third-order valence-corrected chi connectivity index (χ3v) is 4.31. The SMILES string of the molecule is CCPCSC(=O)OCCN(CC)CC. The zero-order chi connectivity index (χ0) is 11.5. The van der Waals surface area contributed by atoms with Crippen molar-refractivity contribution < 1.29 is 9.53 Å². The lowest BCUT2D eigenvalue weighted by molar-refractivity contribution is 0.154. The van der Waals surface area contributed by atoms with Crippen LogP contribution in [0, 0.1) is 0 Å². The van der Waals surface area contributed by atoms with E-state index >= 15 is 0 Å². The molecule has 0 spiro atoms. The maximum absolute atomic E-state index is 11.2. The summed E-state index contributed by atoms with van der Waals surface area (Å²) in [4.78, 5) is 13.4. The van der Waals surface area contributed by atoms with Crippen molar-refractivity contribution in [2.24, 2.45) is 0 Å². The molecule has 0 rings (SSSR count). The molecular formula is C10H22NO2PS. The first-order valence-corrected chi connectivity index (χ1v) is 7.87. The number of hydrogen-bond donors (Lipinski definition) is 0. The van der Waals surface area contributed by atoms with Crippen LogP contribution in [0.25, 0.3) is 0 Å². The monoisotopic (exact) mass is 251 g/mol. The van der Waals surface area contributed by atoms with Gasteiger partial charge in [-0.05, 0) is 31.0 Å². The Balaban J connectivity index is 3.37. The molecule has 3 nitrogen and oxygen atoms in total. The van der Waals surface area contributed by atoms with E-state index in [0.717, 1.165) is 39.9 Å². The van der Waals surface area contributed by atoms with E-state index in [2.05, 4.69) is 25.7 Å². The number of ether oxygens (including phenoxy) is 1. The lowest BCUT2D eigenvalue weighted by Crippen LogP contribution is -2.27. The van der Waals surface area contributed by atoms with Crippen molar-refractivity contribution in [1.82, 2.24) is 4.90 Å². The van der Waals surface area contributed by atoms with Gasteiger partial charge in [-0.15, -0.1) is 8.58 Å². The van der Waals surface area contributed by atoms with E-state index in [1.807, 2.05) is 0 Å². The van der Waals surface area contributed by atoms with Crippen molar-refractivity contribution >= 4 is 25.6 Å². The van der Waals surface area contributed by atoms with Crippen LogP contribution in [0.5, 0.6) is 0 Å². The average molecular weight is 251 g/mol. The lowest BCUT2D eigenvalue weighted by atomic mass is 10.5. The van der Waals surface area contributed by atoms with E-state index in [1.54, 1.807) is 0 Å². The predicted molar refractivity (Wildman–Crippen MR) is 70.5 cm³/mol. The molecule has 0 fully saturated rings. The first kappa shape index (κ1) is 15.2.